The van der Waals surface area contributed by atoms with Crippen LogP contribution in [0.1, 0.15) is 15.2 Å². The Balaban J connectivity index is 1.82. The Morgan fingerprint density at radius 2 is 2.00 bits per heavy atom. The molecule has 0 saturated carbocycles. The predicted octanol–water partition coefficient (Wildman–Crippen LogP) is 1.91. The summed E-state index contributed by atoms with van der Waals surface area (Å²) in [4.78, 5) is 23.8. The molecular formula is C15H16N2O4S. The molecule has 0 aliphatic rings. The lowest BCUT2D eigenvalue weighted by atomic mass is 10.2. The summed E-state index contributed by atoms with van der Waals surface area (Å²) >= 11 is 1.29. The van der Waals surface area contributed by atoms with Gasteiger partial charge in [0, 0.05) is 0 Å². The molecule has 1 heterocycles. The molecule has 0 saturated heterocycles. The van der Waals surface area contributed by atoms with E-state index in [9.17, 15) is 9.59 Å². The van der Waals surface area contributed by atoms with Crippen LogP contribution < -0.4 is 20.3 Å². The Hall–Kier alpha value is -2.54. The van der Waals surface area contributed by atoms with E-state index >= 15 is 0 Å². The van der Waals surface area contributed by atoms with Crippen molar-refractivity contribution in [3.63, 3.8) is 0 Å². The van der Waals surface area contributed by atoms with E-state index in [1.807, 2.05) is 19.1 Å². The summed E-state index contributed by atoms with van der Waals surface area (Å²) in [5, 5.41) is 1.78. The van der Waals surface area contributed by atoms with Crippen LogP contribution in [0.5, 0.6) is 11.5 Å². The van der Waals surface area contributed by atoms with Gasteiger partial charge in [0.1, 0.15) is 0 Å². The number of carbonyl (C=O) groups is 2. The quantitative estimate of drug-likeness (QED) is 0.825. The van der Waals surface area contributed by atoms with Gasteiger partial charge in [0.25, 0.3) is 11.8 Å². The Labute approximate surface area is 132 Å². The molecule has 0 aliphatic carbocycles. The van der Waals surface area contributed by atoms with Crippen molar-refractivity contribution in [3.8, 4) is 11.5 Å². The first-order valence-corrected chi connectivity index (χ1v) is 7.38. The number of hydrogen-bond donors (Lipinski definition) is 2. The van der Waals surface area contributed by atoms with E-state index in [4.69, 9.17) is 9.47 Å². The number of aryl methyl sites for hydroxylation is 1. The smallest absolute Gasteiger partial charge is 0.279 e. The number of methoxy groups -OCH3 is 1. The second kappa shape index (κ2) is 7.46. The Kier molecular flexibility index (Phi) is 5.37. The molecule has 2 amide bonds. The molecule has 0 bridgehead atoms. The summed E-state index contributed by atoms with van der Waals surface area (Å²) in [5.41, 5.74) is 5.64. The summed E-state index contributed by atoms with van der Waals surface area (Å²) in [6, 6.07) is 8.82. The lowest BCUT2D eigenvalue weighted by Crippen LogP contribution is -2.43. The van der Waals surface area contributed by atoms with Crippen LogP contribution in [0.25, 0.3) is 0 Å². The van der Waals surface area contributed by atoms with Crippen LogP contribution in [0.2, 0.25) is 0 Å². The molecule has 0 radical (unpaired) electrons. The van der Waals surface area contributed by atoms with E-state index in [0.29, 0.717) is 16.4 Å². The molecule has 0 aliphatic heterocycles. The van der Waals surface area contributed by atoms with Crippen molar-refractivity contribution in [2.45, 2.75) is 6.92 Å². The summed E-state index contributed by atoms with van der Waals surface area (Å²) in [6.07, 6.45) is 0. The van der Waals surface area contributed by atoms with Gasteiger partial charge in [-0.1, -0.05) is 12.1 Å². The minimum Gasteiger partial charge on any atom is -0.493 e. The van der Waals surface area contributed by atoms with E-state index in [-0.39, 0.29) is 12.5 Å². The van der Waals surface area contributed by atoms with Gasteiger partial charge >= 0.3 is 0 Å². The fourth-order valence-electron chi connectivity index (χ4n) is 1.67. The van der Waals surface area contributed by atoms with Crippen molar-refractivity contribution in [1.29, 1.82) is 0 Å². The third kappa shape index (κ3) is 4.23. The van der Waals surface area contributed by atoms with Gasteiger partial charge in [-0.25, -0.2) is 0 Å². The average molecular weight is 320 g/mol. The Morgan fingerprint density at radius 3 is 2.68 bits per heavy atom. The largest absolute Gasteiger partial charge is 0.493 e. The number of benzene rings is 1. The molecule has 0 fully saturated rings. The Morgan fingerprint density at radius 1 is 1.18 bits per heavy atom. The maximum atomic E-state index is 11.7. The van der Waals surface area contributed by atoms with Crippen LogP contribution in [0.4, 0.5) is 0 Å². The fourth-order valence-corrected chi connectivity index (χ4v) is 2.29. The minimum atomic E-state index is -0.465. The first-order valence-electron chi connectivity index (χ1n) is 6.50. The second-order valence-electron chi connectivity index (χ2n) is 4.42. The average Bonchev–Trinajstić information content (AvgIpc) is 3.05. The maximum absolute atomic E-state index is 11.7. The van der Waals surface area contributed by atoms with E-state index in [1.54, 1.807) is 23.6 Å². The molecule has 2 aromatic rings. The number of thiophene rings is 1. The number of rotatable bonds is 5. The monoisotopic (exact) mass is 320 g/mol. The molecule has 0 spiro atoms. The highest BCUT2D eigenvalue weighted by Gasteiger charge is 2.10. The lowest BCUT2D eigenvalue weighted by molar-refractivity contribution is -0.123. The van der Waals surface area contributed by atoms with Gasteiger partial charge in [-0.05, 0) is 36.1 Å². The maximum Gasteiger partial charge on any atom is 0.279 e. The van der Waals surface area contributed by atoms with Crippen molar-refractivity contribution in [2.24, 2.45) is 0 Å². The first kappa shape index (κ1) is 15.8. The van der Waals surface area contributed by atoms with Crippen LogP contribution in [-0.2, 0) is 4.79 Å². The summed E-state index contributed by atoms with van der Waals surface area (Å²) in [6.45, 7) is 1.70. The van der Waals surface area contributed by atoms with Gasteiger partial charge < -0.3 is 9.47 Å². The van der Waals surface area contributed by atoms with Gasteiger partial charge in [0.15, 0.2) is 18.1 Å². The van der Waals surface area contributed by atoms with E-state index in [0.717, 1.165) is 5.56 Å². The predicted molar refractivity (Wildman–Crippen MR) is 83.2 cm³/mol. The van der Waals surface area contributed by atoms with Crippen LogP contribution in [0.3, 0.4) is 0 Å². The van der Waals surface area contributed by atoms with Crippen molar-refractivity contribution in [3.05, 3.63) is 46.2 Å². The molecule has 0 atom stereocenters. The summed E-state index contributed by atoms with van der Waals surface area (Å²) in [7, 11) is 1.53. The van der Waals surface area contributed by atoms with Gasteiger partial charge in [-0.15, -0.1) is 11.3 Å². The number of hydrogen-bond acceptors (Lipinski definition) is 5. The van der Waals surface area contributed by atoms with Crippen molar-refractivity contribution in [1.82, 2.24) is 10.9 Å². The van der Waals surface area contributed by atoms with Crippen LogP contribution in [0.15, 0.2) is 35.7 Å². The highest BCUT2D eigenvalue weighted by Crippen LogP contribution is 2.27. The van der Waals surface area contributed by atoms with Crippen LogP contribution in [-0.4, -0.2) is 25.5 Å². The van der Waals surface area contributed by atoms with Gasteiger partial charge in [-0.2, -0.15) is 0 Å². The van der Waals surface area contributed by atoms with Gasteiger partial charge in [-0.3, -0.25) is 20.4 Å². The third-order valence-corrected chi connectivity index (χ3v) is 3.61. The lowest BCUT2D eigenvalue weighted by Gasteiger charge is -2.11. The highest BCUT2D eigenvalue weighted by atomic mass is 32.1. The van der Waals surface area contributed by atoms with Crippen molar-refractivity contribution in [2.75, 3.05) is 13.7 Å². The molecule has 116 valence electrons. The normalized spacial score (nSPS) is 9.91. The van der Waals surface area contributed by atoms with E-state index < -0.39 is 5.91 Å². The topological polar surface area (TPSA) is 76.7 Å². The zero-order chi connectivity index (χ0) is 15.9. The van der Waals surface area contributed by atoms with Crippen molar-refractivity contribution < 1.29 is 19.1 Å². The number of hydrazine groups is 1. The zero-order valence-electron chi connectivity index (χ0n) is 12.2. The van der Waals surface area contributed by atoms with Gasteiger partial charge in [0.2, 0.25) is 0 Å². The SMILES string of the molecule is COc1cc(C)ccc1OCC(=O)NNC(=O)c1cccs1. The molecule has 6 nitrogen and oxygen atoms in total. The van der Waals surface area contributed by atoms with Gasteiger partial charge in [0.05, 0.1) is 12.0 Å². The molecule has 7 heteroatoms. The van der Waals surface area contributed by atoms with E-state index in [2.05, 4.69) is 10.9 Å². The van der Waals surface area contributed by atoms with Crippen molar-refractivity contribution >= 4 is 23.2 Å². The molecule has 22 heavy (non-hydrogen) atoms. The molecule has 1 aromatic carbocycles. The molecule has 0 unspecified atom stereocenters. The number of ether oxygens (including phenoxy) is 2. The number of carbonyl (C=O) groups excluding carboxylic acids is 2. The second-order valence-corrected chi connectivity index (χ2v) is 5.37. The third-order valence-electron chi connectivity index (χ3n) is 2.74. The Bertz CT molecular complexity index is 656. The molecule has 2 N–H and O–H groups in total. The standard InChI is InChI=1S/C15H16N2O4S/c1-10-5-6-11(12(8-10)20-2)21-9-14(18)16-17-15(19)13-4-3-7-22-13/h3-8H,9H2,1-2H3,(H,16,18)(H,17,19). The van der Waals surface area contributed by atoms with Crippen LogP contribution >= 0.6 is 11.3 Å². The summed E-state index contributed by atoms with van der Waals surface area (Å²) < 4.78 is 10.6. The fraction of sp³-hybridized carbons (Fsp3) is 0.200. The zero-order valence-corrected chi connectivity index (χ0v) is 13.0. The number of amides is 2. The first-order chi connectivity index (χ1) is 10.6. The summed E-state index contributed by atoms with van der Waals surface area (Å²) in [5.74, 6) is 0.187. The molecule has 1 aromatic heterocycles. The highest BCUT2D eigenvalue weighted by molar-refractivity contribution is 7.12. The van der Waals surface area contributed by atoms with E-state index in [1.165, 1.54) is 18.4 Å². The minimum absolute atomic E-state index is 0.232. The molecule has 2 rings (SSSR count). The van der Waals surface area contributed by atoms with Crippen LogP contribution in [0, 0.1) is 6.92 Å². The number of nitrogens with one attached hydrogen (secondary N) is 2. The molecular weight excluding hydrogens is 304 g/mol.